The van der Waals surface area contributed by atoms with Gasteiger partial charge in [0.05, 0.1) is 5.71 Å². The summed E-state index contributed by atoms with van der Waals surface area (Å²) in [5.74, 6) is 4.23. The van der Waals surface area contributed by atoms with Gasteiger partial charge in [-0.25, -0.2) is 5.43 Å². The van der Waals surface area contributed by atoms with Gasteiger partial charge >= 0.3 is 5.97 Å². The maximum Gasteiger partial charge on any atom is 0.322 e. The van der Waals surface area contributed by atoms with Crippen LogP contribution < -0.4 is 11.3 Å². The molecule has 6 nitrogen and oxygen atoms in total. The number of hydrogen-bond donors (Lipinski definition) is 3. The van der Waals surface area contributed by atoms with Crippen LogP contribution in [0.5, 0.6) is 0 Å². The molecule has 1 aromatic carbocycles. The minimum absolute atomic E-state index is 0.0381. The molecule has 0 bridgehead atoms. The molecular weight excluding hydrogens is 258 g/mol. The highest BCUT2D eigenvalue weighted by Gasteiger charge is 2.15. The number of aliphatic carboxylic acids is 1. The van der Waals surface area contributed by atoms with Gasteiger partial charge in [0.25, 0.3) is 0 Å². The number of hydrazine groups is 1. The van der Waals surface area contributed by atoms with Crippen molar-refractivity contribution in [1.29, 1.82) is 0 Å². The first-order valence-electron chi connectivity index (χ1n) is 6.42. The van der Waals surface area contributed by atoms with E-state index in [0.29, 0.717) is 6.42 Å². The third kappa shape index (κ3) is 4.99. The Kier molecular flexibility index (Phi) is 6.14. The number of rotatable bonds is 7. The van der Waals surface area contributed by atoms with Crippen LogP contribution in [-0.2, 0) is 16.1 Å². The quantitative estimate of drug-likeness (QED) is 0.397. The topological polar surface area (TPSA) is 96.9 Å². The number of carboxylic acid groups (broad SMARTS) is 1. The summed E-state index contributed by atoms with van der Waals surface area (Å²) in [5.41, 5.74) is 4.87. The zero-order valence-corrected chi connectivity index (χ0v) is 12.0. The van der Waals surface area contributed by atoms with Crippen molar-refractivity contribution in [3.05, 3.63) is 35.4 Å². The molecule has 0 saturated carbocycles. The number of benzene rings is 1. The van der Waals surface area contributed by atoms with Gasteiger partial charge in [-0.15, -0.1) is 0 Å². The summed E-state index contributed by atoms with van der Waals surface area (Å²) < 4.78 is 0. The van der Waals surface area contributed by atoms with Gasteiger partial charge in [-0.3, -0.25) is 10.6 Å². The lowest BCUT2D eigenvalue weighted by Crippen LogP contribution is -2.42. The average Bonchev–Trinajstić information content (AvgIpc) is 2.42. The summed E-state index contributed by atoms with van der Waals surface area (Å²) in [5, 5.41) is 12.9. The van der Waals surface area contributed by atoms with Gasteiger partial charge in [-0.05, 0) is 38.3 Å². The second-order valence-electron chi connectivity index (χ2n) is 4.79. The predicted octanol–water partition coefficient (Wildman–Crippen LogP) is 1.29. The monoisotopic (exact) mass is 279 g/mol. The first kappa shape index (κ1) is 16.1. The van der Waals surface area contributed by atoms with Gasteiger partial charge in [0.2, 0.25) is 0 Å². The van der Waals surface area contributed by atoms with E-state index in [2.05, 4.69) is 10.6 Å². The van der Waals surface area contributed by atoms with Crippen molar-refractivity contribution in [3.63, 3.8) is 0 Å². The van der Waals surface area contributed by atoms with Crippen LogP contribution in [0.4, 0.5) is 0 Å². The number of nitrogens with zero attached hydrogens (tertiary/aromatic N) is 1. The zero-order chi connectivity index (χ0) is 15.1. The van der Waals surface area contributed by atoms with Gasteiger partial charge in [0.1, 0.15) is 12.1 Å². The normalized spacial score (nSPS) is 13.3. The van der Waals surface area contributed by atoms with Crippen molar-refractivity contribution >= 4 is 11.7 Å². The van der Waals surface area contributed by atoms with E-state index in [-0.39, 0.29) is 6.10 Å². The van der Waals surface area contributed by atoms with Gasteiger partial charge in [0.15, 0.2) is 0 Å². The summed E-state index contributed by atoms with van der Waals surface area (Å²) >= 11 is 0. The van der Waals surface area contributed by atoms with E-state index in [4.69, 9.17) is 15.8 Å². The standard InChI is InChI=1S/C14H21N3O3/c1-9(2)20-17-10(3)12-6-4-11(5-7-12)8-13(16-15)14(18)19/h4-7,9,13,16H,8,15H2,1-3H3,(H,18,19)/b17-10-. The minimum atomic E-state index is -0.973. The molecule has 1 atom stereocenters. The minimum Gasteiger partial charge on any atom is -0.480 e. The number of carbonyl (C=O) groups is 1. The van der Waals surface area contributed by atoms with Crippen molar-refractivity contribution in [2.75, 3.05) is 0 Å². The molecule has 1 aromatic rings. The molecule has 0 aliphatic rings. The van der Waals surface area contributed by atoms with E-state index in [1.54, 1.807) is 0 Å². The number of carboxylic acids is 1. The summed E-state index contributed by atoms with van der Waals surface area (Å²) in [6, 6.07) is 6.69. The predicted molar refractivity (Wildman–Crippen MR) is 77.3 cm³/mol. The molecule has 0 aliphatic carbocycles. The third-order valence-electron chi connectivity index (χ3n) is 2.71. The lowest BCUT2D eigenvalue weighted by Gasteiger charge is -2.11. The Labute approximate surface area is 118 Å². The Morgan fingerprint density at radius 1 is 1.40 bits per heavy atom. The summed E-state index contributed by atoms with van der Waals surface area (Å²) in [7, 11) is 0. The molecule has 0 fully saturated rings. The lowest BCUT2D eigenvalue weighted by atomic mass is 10.0. The van der Waals surface area contributed by atoms with Crippen molar-refractivity contribution < 1.29 is 14.7 Å². The van der Waals surface area contributed by atoms with Crippen LogP contribution in [0.2, 0.25) is 0 Å². The molecule has 4 N–H and O–H groups in total. The van der Waals surface area contributed by atoms with Crippen LogP contribution in [0.25, 0.3) is 0 Å². The molecule has 1 rings (SSSR count). The van der Waals surface area contributed by atoms with Crippen LogP contribution in [0.3, 0.4) is 0 Å². The van der Waals surface area contributed by atoms with Crippen LogP contribution >= 0.6 is 0 Å². The van der Waals surface area contributed by atoms with Gasteiger partial charge < -0.3 is 9.94 Å². The maximum atomic E-state index is 10.9. The molecule has 0 aromatic heterocycles. The molecule has 1 unspecified atom stereocenters. The molecular formula is C14H21N3O3. The zero-order valence-electron chi connectivity index (χ0n) is 12.0. The van der Waals surface area contributed by atoms with E-state index in [9.17, 15) is 4.79 Å². The molecule has 20 heavy (non-hydrogen) atoms. The number of nitrogens with two attached hydrogens (primary N) is 1. The molecule has 0 amide bonds. The fourth-order valence-electron chi connectivity index (χ4n) is 1.57. The summed E-state index contributed by atoms with van der Waals surface area (Å²) in [6.45, 7) is 5.68. The highest BCUT2D eigenvalue weighted by atomic mass is 16.6. The van der Waals surface area contributed by atoms with Gasteiger partial charge in [0, 0.05) is 0 Å². The Morgan fingerprint density at radius 3 is 2.45 bits per heavy atom. The van der Waals surface area contributed by atoms with Crippen LogP contribution in [0.1, 0.15) is 31.9 Å². The number of nitrogens with one attached hydrogen (secondary N) is 1. The van der Waals surface area contributed by atoms with E-state index in [1.807, 2.05) is 45.0 Å². The SMILES string of the molecule is C/C(=N/OC(C)C)c1ccc(CC(NN)C(=O)O)cc1. The van der Waals surface area contributed by atoms with E-state index >= 15 is 0 Å². The largest absolute Gasteiger partial charge is 0.480 e. The molecule has 0 aliphatic heterocycles. The fourth-order valence-corrected chi connectivity index (χ4v) is 1.57. The van der Waals surface area contributed by atoms with E-state index in [0.717, 1.165) is 16.8 Å². The maximum absolute atomic E-state index is 10.9. The molecule has 0 heterocycles. The van der Waals surface area contributed by atoms with Crippen LogP contribution in [0, 0.1) is 0 Å². The molecule has 0 radical (unpaired) electrons. The highest BCUT2D eigenvalue weighted by molar-refractivity contribution is 5.98. The molecule has 6 heteroatoms. The van der Waals surface area contributed by atoms with Crippen molar-refractivity contribution in [3.8, 4) is 0 Å². The van der Waals surface area contributed by atoms with Crippen LogP contribution in [-0.4, -0.2) is 28.9 Å². The Morgan fingerprint density at radius 2 is 2.00 bits per heavy atom. The molecule has 110 valence electrons. The van der Waals surface area contributed by atoms with Crippen molar-refractivity contribution in [2.24, 2.45) is 11.0 Å². The summed E-state index contributed by atoms with van der Waals surface area (Å²) in [4.78, 5) is 16.1. The van der Waals surface area contributed by atoms with Gasteiger partial charge in [-0.2, -0.15) is 0 Å². The average molecular weight is 279 g/mol. The Balaban J connectivity index is 2.73. The Hall–Kier alpha value is -1.92. The second-order valence-corrected chi connectivity index (χ2v) is 4.79. The first-order chi connectivity index (χ1) is 9.43. The highest BCUT2D eigenvalue weighted by Crippen LogP contribution is 2.09. The third-order valence-corrected chi connectivity index (χ3v) is 2.71. The first-order valence-corrected chi connectivity index (χ1v) is 6.42. The molecule has 0 saturated heterocycles. The number of oxime groups is 1. The van der Waals surface area contributed by atoms with Crippen molar-refractivity contribution in [2.45, 2.75) is 39.3 Å². The summed E-state index contributed by atoms with van der Waals surface area (Å²) in [6.07, 6.45) is 0.362. The van der Waals surface area contributed by atoms with E-state index in [1.165, 1.54) is 0 Å². The Bertz CT molecular complexity index is 469. The molecule has 0 spiro atoms. The van der Waals surface area contributed by atoms with Gasteiger partial charge in [-0.1, -0.05) is 29.4 Å². The number of hydrogen-bond acceptors (Lipinski definition) is 5. The smallest absolute Gasteiger partial charge is 0.322 e. The van der Waals surface area contributed by atoms with E-state index < -0.39 is 12.0 Å². The fraction of sp³-hybridized carbons (Fsp3) is 0.429. The second kappa shape index (κ2) is 7.62. The van der Waals surface area contributed by atoms with Crippen LogP contribution in [0.15, 0.2) is 29.4 Å². The lowest BCUT2D eigenvalue weighted by molar-refractivity contribution is -0.139. The van der Waals surface area contributed by atoms with Crippen molar-refractivity contribution in [1.82, 2.24) is 5.43 Å².